The topological polar surface area (TPSA) is 23.8 Å². The first kappa shape index (κ1) is 10.3. The van der Waals surface area contributed by atoms with Gasteiger partial charge in [0.25, 0.3) is 0 Å². The Morgan fingerprint density at radius 3 is 2.38 bits per heavy atom. The number of hydrogen-bond donors (Lipinski definition) is 0. The van der Waals surface area contributed by atoms with E-state index in [0.29, 0.717) is 10.8 Å². The van der Waals surface area contributed by atoms with E-state index in [0.717, 1.165) is 6.42 Å². The van der Waals surface area contributed by atoms with Crippen molar-refractivity contribution in [3.63, 3.8) is 0 Å². The van der Waals surface area contributed by atoms with Crippen LogP contribution in [-0.4, -0.2) is 0 Å². The first-order valence-corrected chi connectivity index (χ1v) is 4.97. The van der Waals surface area contributed by atoms with Gasteiger partial charge in [0.1, 0.15) is 0 Å². The van der Waals surface area contributed by atoms with Crippen molar-refractivity contribution in [3.05, 3.63) is 11.6 Å². The summed E-state index contributed by atoms with van der Waals surface area (Å²) in [6.45, 7) is 9.06. The smallest absolute Gasteiger partial charge is 0.0911 e. The van der Waals surface area contributed by atoms with E-state index in [1.807, 2.05) is 6.92 Å². The number of hydrogen-bond acceptors (Lipinski definition) is 1. The van der Waals surface area contributed by atoms with Gasteiger partial charge in [-0.05, 0) is 37.0 Å². The van der Waals surface area contributed by atoms with Crippen LogP contribution in [0.2, 0.25) is 0 Å². The zero-order chi connectivity index (χ0) is 10.1. The molecule has 0 bridgehead atoms. The first-order valence-electron chi connectivity index (χ1n) is 4.97. The second-order valence-electron chi connectivity index (χ2n) is 5.24. The van der Waals surface area contributed by atoms with Crippen LogP contribution in [0.1, 0.15) is 47.0 Å². The molecule has 1 heteroatoms. The maximum Gasteiger partial charge on any atom is 0.0911 e. The molecule has 0 radical (unpaired) electrons. The summed E-state index contributed by atoms with van der Waals surface area (Å²) in [5.74, 6) is 0. The SMILES string of the molecule is C/C(=C\C#N)CCC1(C)CC1(C)C. The summed E-state index contributed by atoms with van der Waals surface area (Å²) < 4.78 is 0. The standard InChI is InChI=1S/C12H19N/c1-10(6-8-13)5-7-12(4)9-11(12,2)3/h6H,5,7,9H2,1-4H3/b10-6+. The molecular formula is C12H19N. The number of nitriles is 1. The van der Waals surface area contributed by atoms with Crippen molar-refractivity contribution in [2.75, 3.05) is 0 Å². The van der Waals surface area contributed by atoms with E-state index in [1.165, 1.54) is 18.4 Å². The van der Waals surface area contributed by atoms with Gasteiger partial charge in [0.2, 0.25) is 0 Å². The van der Waals surface area contributed by atoms with E-state index < -0.39 is 0 Å². The van der Waals surface area contributed by atoms with E-state index >= 15 is 0 Å². The van der Waals surface area contributed by atoms with E-state index in [2.05, 4.69) is 26.8 Å². The van der Waals surface area contributed by atoms with Gasteiger partial charge in [-0.1, -0.05) is 26.3 Å². The minimum absolute atomic E-state index is 0.525. The highest BCUT2D eigenvalue weighted by Crippen LogP contribution is 2.65. The Labute approximate surface area is 81.5 Å². The van der Waals surface area contributed by atoms with Gasteiger partial charge in [-0.3, -0.25) is 0 Å². The average Bonchev–Trinajstić information content (AvgIpc) is 2.49. The Hall–Kier alpha value is -0.770. The molecule has 1 rings (SSSR count). The Balaban J connectivity index is 2.38. The minimum atomic E-state index is 0.525. The summed E-state index contributed by atoms with van der Waals surface area (Å²) in [6.07, 6.45) is 5.30. The van der Waals surface area contributed by atoms with Gasteiger partial charge >= 0.3 is 0 Å². The zero-order valence-electron chi connectivity index (χ0n) is 9.15. The van der Waals surface area contributed by atoms with Crippen LogP contribution in [-0.2, 0) is 0 Å². The molecule has 72 valence electrons. The highest BCUT2D eigenvalue weighted by Gasteiger charge is 2.56. The largest absolute Gasteiger partial charge is 0.193 e. The summed E-state index contributed by atoms with van der Waals surface area (Å²) in [4.78, 5) is 0. The van der Waals surface area contributed by atoms with Crippen LogP contribution >= 0.6 is 0 Å². The summed E-state index contributed by atoms with van der Waals surface area (Å²) in [5, 5.41) is 8.46. The molecule has 1 saturated carbocycles. The molecule has 0 spiro atoms. The molecule has 0 amide bonds. The monoisotopic (exact) mass is 177 g/mol. The molecule has 0 saturated heterocycles. The van der Waals surface area contributed by atoms with E-state index in [1.54, 1.807) is 6.08 Å². The average molecular weight is 177 g/mol. The first-order chi connectivity index (χ1) is 5.91. The molecule has 0 aliphatic heterocycles. The van der Waals surface area contributed by atoms with E-state index in [9.17, 15) is 0 Å². The van der Waals surface area contributed by atoms with Crippen LogP contribution in [0.4, 0.5) is 0 Å². The predicted molar refractivity (Wildman–Crippen MR) is 55.1 cm³/mol. The van der Waals surface area contributed by atoms with Crippen molar-refractivity contribution >= 4 is 0 Å². The molecule has 1 aliphatic rings. The third-order valence-electron chi connectivity index (χ3n) is 3.72. The number of rotatable bonds is 3. The summed E-state index contributed by atoms with van der Waals surface area (Å²) in [7, 11) is 0. The highest BCUT2D eigenvalue weighted by molar-refractivity contribution is 5.13. The van der Waals surface area contributed by atoms with Crippen molar-refractivity contribution in [1.29, 1.82) is 5.26 Å². The maximum absolute atomic E-state index is 8.46. The molecule has 1 nitrogen and oxygen atoms in total. The maximum atomic E-state index is 8.46. The van der Waals surface area contributed by atoms with Gasteiger partial charge in [0, 0.05) is 6.08 Å². The van der Waals surface area contributed by atoms with Crippen molar-refractivity contribution in [3.8, 4) is 6.07 Å². The lowest BCUT2D eigenvalue weighted by atomic mass is 9.91. The molecule has 1 aliphatic carbocycles. The molecule has 0 N–H and O–H groups in total. The summed E-state index contributed by atoms with van der Waals surface area (Å²) in [6, 6.07) is 2.08. The Bertz CT molecular complexity index is 267. The molecule has 0 aromatic heterocycles. The van der Waals surface area contributed by atoms with Crippen LogP contribution in [0, 0.1) is 22.2 Å². The van der Waals surface area contributed by atoms with Crippen LogP contribution in [0.25, 0.3) is 0 Å². The fourth-order valence-corrected chi connectivity index (χ4v) is 2.01. The van der Waals surface area contributed by atoms with Crippen LogP contribution in [0.15, 0.2) is 11.6 Å². The quantitative estimate of drug-likeness (QED) is 0.603. The lowest BCUT2D eigenvalue weighted by Crippen LogP contribution is -2.03. The Morgan fingerprint density at radius 1 is 1.46 bits per heavy atom. The fraction of sp³-hybridized carbons (Fsp3) is 0.750. The molecule has 1 fully saturated rings. The van der Waals surface area contributed by atoms with Gasteiger partial charge in [0.05, 0.1) is 6.07 Å². The van der Waals surface area contributed by atoms with Gasteiger partial charge in [0.15, 0.2) is 0 Å². The van der Waals surface area contributed by atoms with Crippen LogP contribution in [0.3, 0.4) is 0 Å². The van der Waals surface area contributed by atoms with Gasteiger partial charge < -0.3 is 0 Å². The van der Waals surface area contributed by atoms with Crippen LogP contribution < -0.4 is 0 Å². The zero-order valence-corrected chi connectivity index (χ0v) is 9.15. The van der Waals surface area contributed by atoms with Gasteiger partial charge in [-0.2, -0.15) is 5.26 Å². The Morgan fingerprint density at radius 2 is 2.00 bits per heavy atom. The second kappa shape index (κ2) is 3.18. The molecule has 0 aromatic carbocycles. The second-order valence-corrected chi connectivity index (χ2v) is 5.24. The summed E-state index contributed by atoms with van der Waals surface area (Å²) >= 11 is 0. The van der Waals surface area contributed by atoms with Crippen molar-refractivity contribution in [2.45, 2.75) is 47.0 Å². The van der Waals surface area contributed by atoms with Crippen molar-refractivity contribution in [2.24, 2.45) is 10.8 Å². The third-order valence-corrected chi connectivity index (χ3v) is 3.72. The molecular weight excluding hydrogens is 158 g/mol. The van der Waals surface area contributed by atoms with E-state index in [4.69, 9.17) is 5.26 Å². The minimum Gasteiger partial charge on any atom is -0.193 e. The molecule has 1 unspecified atom stereocenters. The number of allylic oxidation sites excluding steroid dienone is 2. The fourth-order valence-electron chi connectivity index (χ4n) is 2.01. The lowest BCUT2D eigenvalue weighted by Gasteiger charge is -2.14. The normalized spacial score (nSPS) is 31.2. The van der Waals surface area contributed by atoms with Crippen molar-refractivity contribution < 1.29 is 0 Å². The van der Waals surface area contributed by atoms with Gasteiger partial charge in [-0.15, -0.1) is 0 Å². The predicted octanol–water partition coefficient (Wildman–Crippen LogP) is 3.67. The molecule has 0 heterocycles. The van der Waals surface area contributed by atoms with Gasteiger partial charge in [-0.25, -0.2) is 0 Å². The third kappa shape index (κ3) is 2.12. The van der Waals surface area contributed by atoms with Crippen molar-refractivity contribution in [1.82, 2.24) is 0 Å². The Kier molecular flexibility index (Phi) is 2.52. The lowest BCUT2D eigenvalue weighted by molar-refractivity contribution is 0.390. The summed E-state index contributed by atoms with van der Waals surface area (Å²) in [5.41, 5.74) is 2.27. The van der Waals surface area contributed by atoms with Crippen LogP contribution in [0.5, 0.6) is 0 Å². The van der Waals surface area contributed by atoms with E-state index in [-0.39, 0.29) is 0 Å². The molecule has 0 aromatic rings. The molecule has 13 heavy (non-hydrogen) atoms. The highest BCUT2D eigenvalue weighted by atomic mass is 14.6. The number of nitrogens with zero attached hydrogens (tertiary/aromatic N) is 1. The molecule has 1 atom stereocenters.